The summed E-state index contributed by atoms with van der Waals surface area (Å²) in [5, 5.41) is 17.1. The van der Waals surface area contributed by atoms with Crippen LogP contribution >= 0.6 is 11.3 Å². The predicted molar refractivity (Wildman–Crippen MR) is 72.6 cm³/mol. The number of aliphatic hydroxyl groups is 1. The van der Waals surface area contributed by atoms with Gasteiger partial charge in [-0.05, 0) is 41.8 Å². The molecule has 1 fully saturated rings. The lowest BCUT2D eigenvalue weighted by Gasteiger charge is -2.17. The van der Waals surface area contributed by atoms with Crippen molar-refractivity contribution in [3.63, 3.8) is 0 Å². The van der Waals surface area contributed by atoms with Crippen molar-refractivity contribution in [1.82, 2.24) is 5.32 Å². The Labute approximate surface area is 105 Å². The van der Waals surface area contributed by atoms with Crippen LogP contribution in [0, 0.1) is 0 Å². The Bertz CT molecular complexity index is 502. The maximum Gasteiger partial charge on any atom is 0.0733 e. The number of aliphatic hydroxyl groups excluding tert-OH is 1. The van der Waals surface area contributed by atoms with Gasteiger partial charge in [-0.3, -0.25) is 0 Å². The fourth-order valence-electron chi connectivity index (χ4n) is 2.60. The summed E-state index contributed by atoms with van der Waals surface area (Å²) < 4.78 is 1.31. The molecule has 3 rings (SSSR count). The first kappa shape index (κ1) is 11.2. The summed E-state index contributed by atoms with van der Waals surface area (Å²) in [7, 11) is 0. The second-order valence-corrected chi connectivity index (χ2v) is 5.64. The van der Waals surface area contributed by atoms with Crippen LogP contribution in [0.25, 0.3) is 10.1 Å². The van der Waals surface area contributed by atoms with E-state index in [2.05, 4.69) is 35.0 Å². The van der Waals surface area contributed by atoms with Gasteiger partial charge in [-0.2, -0.15) is 0 Å². The molecule has 3 heteroatoms. The van der Waals surface area contributed by atoms with E-state index in [-0.39, 0.29) is 12.1 Å². The van der Waals surface area contributed by atoms with Crippen molar-refractivity contribution < 1.29 is 5.11 Å². The van der Waals surface area contributed by atoms with Crippen molar-refractivity contribution in [3.8, 4) is 0 Å². The van der Waals surface area contributed by atoms with Gasteiger partial charge in [-0.25, -0.2) is 0 Å². The first-order valence-electron chi connectivity index (χ1n) is 6.21. The Morgan fingerprint density at radius 3 is 3.12 bits per heavy atom. The minimum Gasteiger partial charge on any atom is -0.391 e. The molecule has 2 unspecified atom stereocenters. The molecule has 1 aromatic carbocycles. The summed E-state index contributed by atoms with van der Waals surface area (Å²) in [5.41, 5.74) is 1.28. The Kier molecular flexibility index (Phi) is 3.14. The first-order chi connectivity index (χ1) is 8.34. The summed E-state index contributed by atoms with van der Waals surface area (Å²) in [4.78, 5) is 0. The normalized spacial score (nSPS) is 22.1. The van der Waals surface area contributed by atoms with Gasteiger partial charge < -0.3 is 10.4 Å². The van der Waals surface area contributed by atoms with Gasteiger partial charge in [0.15, 0.2) is 0 Å². The lowest BCUT2D eigenvalue weighted by atomic mass is 10.0. The average Bonchev–Trinajstić information content (AvgIpc) is 2.98. The van der Waals surface area contributed by atoms with Crippen LogP contribution in [0.4, 0.5) is 0 Å². The number of benzene rings is 1. The number of fused-ring (bicyclic) bond motifs is 1. The molecule has 0 amide bonds. The van der Waals surface area contributed by atoms with Crippen molar-refractivity contribution in [2.45, 2.75) is 31.4 Å². The van der Waals surface area contributed by atoms with Gasteiger partial charge in [-0.15, -0.1) is 11.3 Å². The smallest absolute Gasteiger partial charge is 0.0733 e. The lowest BCUT2D eigenvalue weighted by molar-refractivity contribution is 0.136. The topological polar surface area (TPSA) is 32.3 Å². The maximum atomic E-state index is 10.2. The molecule has 2 aromatic rings. The van der Waals surface area contributed by atoms with Gasteiger partial charge in [0.1, 0.15) is 0 Å². The van der Waals surface area contributed by atoms with E-state index >= 15 is 0 Å². The quantitative estimate of drug-likeness (QED) is 0.873. The van der Waals surface area contributed by atoms with Crippen LogP contribution in [-0.2, 0) is 6.42 Å². The predicted octanol–water partition coefficient (Wildman–Crippen LogP) is 2.56. The van der Waals surface area contributed by atoms with Crippen LogP contribution in [0.2, 0.25) is 0 Å². The maximum absolute atomic E-state index is 10.2. The molecule has 2 heterocycles. The van der Waals surface area contributed by atoms with Gasteiger partial charge in [0.05, 0.1) is 6.10 Å². The zero-order chi connectivity index (χ0) is 11.7. The van der Waals surface area contributed by atoms with Gasteiger partial charge in [0.2, 0.25) is 0 Å². The number of nitrogens with one attached hydrogen (secondary N) is 1. The van der Waals surface area contributed by atoms with Crippen LogP contribution in [0.1, 0.15) is 18.4 Å². The summed E-state index contributed by atoms with van der Waals surface area (Å²) in [6, 6.07) is 8.71. The number of hydrogen-bond acceptors (Lipinski definition) is 3. The molecule has 0 aliphatic carbocycles. The molecular formula is C14H17NOS. The van der Waals surface area contributed by atoms with Gasteiger partial charge in [0.25, 0.3) is 0 Å². The van der Waals surface area contributed by atoms with Crippen molar-refractivity contribution in [3.05, 3.63) is 35.2 Å². The van der Waals surface area contributed by atoms with E-state index in [1.807, 2.05) is 0 Å². The standard InChI is InChI=1S/C14H17NOS/c16-13(12-5-3-7-15-12)8-10-9-17-14-6-2-1-4-11(10)14/h1-2,4,6,9,12-13,15-16H,3,5,7-8H2. The Morgan fingerprint density at radius 1 is 1.41 bits per heavy atom. The zero-order valence-electron chi connectivity index (χ0n) is 9.73. The molecule has 17 heavy (non-hydrogen) atoms. The van der Waals surface area contributed by atoms with Gasteiger partial charge in [-0.1, -0.05) is 18.2 Å². The van der Waals surface area contributed by atoms with Crippen LogP contribution in [-0.4, -0.2) is 23.8 Å². The van der Waals surface area contributed by atoms with E-state index in [4.69, 9.17) is 0 Å². The SMILES string of the molecule is OC(Cc1csc2ccccc12)C1CCCN1. The Balaban J connectivity index is 1.80. The lowest BCUT2D eigenvalue weighted by Crippen LogP contribution is -2.36. The third-order valence-electron chi connectivity index (χ3n) is 3.55. The molecule has 1 saturated heterocycles. The number of thiophene rings is 1. The minimum atomic E-state index is -0.254. The molecule has 1 aromatic heterocycles. The molecule has 0 bridgehead atoms. The molecule has 0 spiro atoms. The summed E-state index contributed by atoms with van der Waals surface area (Å²) in [6.07, 6.45) is 2.80. The highest BCUT2D eigenvalue weighted by atomic mass is 32.1. The van der Waals surface area contributed by atoms with E-state index in [9.17, 15) is 5.11 Å². The van der Waals surface area contributed by atoms with E-state index in [1.54, 1.807) is 11.3 Å². The molecule has 2 nitrogen and oxygen atoms in total. The summed E-state index contributed by atoms with van der Waals surface area (Å²) in [5.74, 6) is 0. The average molecular weight is 247 g/mol. The van der Waals surface area contributed by atoms with Crippen molar-refractivity contribution >= 4 is 21.4 Å². The molecular weight excluding hydrogens is 230 g/mol. The van der Waals surface area contributed by atoms with Crippen LogP contribution in [0.15, 0.2) is 29.6 Å². The van der Waals surface area contributed by atoms with Gasteiger partial charge >= 0.3 is 0 Å². The molecule has 1 aliphatic heterocycles. The molecule has 0 radical (unpaired) electrons. The summed E-state index contributed by atoms with van der Waals surface area (Å²) in [6.45, 7) is 1.05. The number of hydrogen-bond donors (Lipinski definition) is 2. The molecule has 90 valence electrons. The fraction of sp³-hybridized carbons (Fsp3) is 0.429. The van der Waals surface area contributed by atoms with E-state index in [0.29, 0.717) is 0 Å². The molecule has 1 aliphatic rings. The van der Waals surface area contributed by atoms with Gasteiger partial charge in [0, 0.05) is 17.2 Å². The molecule has 0 saturated carbocycles. The monoisotopic (exact) mass is 247 g/mol. The third-order valence-corrected chi connectivity index (χ3v) is 4.57. The van der Waals surface area contributed by atoms with E-state index in [1.165, 1.54) is 22.1 Å². The van der Waals surface area contributed by atoms with Crippen LogP contribution in [0.3, 0.4) is 0 Å². The third kappa shape index (κ3) is 2.23. The second-order valence-electron chi connectivity index (χ2n) is 4.73. The largest absolute Gasteiger partial charge is 0.391 e. The van der Waals surface area contributed by atoms with Crippen molar-refractivity contribution in [2.24, 2.45) is 0 Å². The highest BCUT2D eigenvalue weighted by Crippen LogP contribution is 2.27. The highest BCUT2D eigenvalue weighted by Gasteiger charge is 2.23. The number of rotatable bonds is 3. The molecule has 2 atom stereocenters. The highest BCUT2D eigenvalue weighted by molar-refractivity contribution is 7.17. The minimum absolute atomic E-state index is 0.254. The Hall–Kier alpha value is -0.900. The molecule has 2 N–H and O–H groups in total. The van der Waals surface area contributed by atoms with Crippen LogP contribution < -0.4 is 5.32 Å². The zero-order valence-corrected chi connectivity index (χ0v) is 10.5. The second kappa shape index (κ2) is 4.77. The first-order valence-corrected chi connectivity index (χ1v) is 7.09. The van der Waals surface area contributed by atoms with E-state index < -0.39 is 0 Å². The fourth-order valence-corrected chi connectivity index (χ4v) is 3.57. The Morgan fingerprint density at radius 2 is 2.29 bits per heavy atom. The van der Waals surface area contributed by atoms with Crippen molar-refractivity contribution in [2.75, 3.05) is 6.54 Å². The van der Waals surface area contributed by atoms with E-state index in [0.717, 1.165) is 19.4 Å². The van der Waals surface area contributed by atoms with Crippen molar-refractivity contribution in [1.29, 1.82) is 0 Å². The van der Waals surface area contributed by atoms with Crippen LogP contribution in [0.5, 0.6) is 0 Å². The summed E-state index contributed by atoms with van der Waals surface area (Å²) >= 11 is 1.77.